The number of sulfonamides is 1. The maximum atomic E-state index is 13.4. The van der Waals surface area contributed by atoms with Crippen LogP contribution in [0.15, 0.2) is 57.8 Å². The third-order valence-corrected chi connectivity index (χ3v) is 7.36. The number of likely N-dealkylation sites (tertiary alicyclic amines) is 1. The molecule has 0 bridgehead atoms. The Balaban J connectivity index is 1.79. The van der Waals surface area contributed by atoms with Gasteiger partial charge in [-0.1, -0.05) is 35.9 Å². The van der Waals surface area contributed by atoms with Crippen LogP contribution in [-0.4, -0.2) is 55.6 Å². The van der Waals surface area contributed by atoms with Crippen LogP contribution < -0.4 is 5.73 Å². The Morgan fingerprint density at radius 3 is 2.19 bits per heavy atom. The Bertz CT molecular complexity index is 1230. The zero-order valence-corrected chi connectivity index (χ0v) is 18.5. The molecule has 1 heterocycles. The number of Topliss-reactive ketones (excluding diaryl/α,β-unsaturated/α-hetero) is 2. The van der Waals surface area contributed by atoms with E-state index in [2.05, 4.69) is 4.40 Å². The number of amides is 1. The van der Waals surface area contributed by atoms with Gasteiger partial charge in [0, 0.05) is 22.1 Å². The van der Waals surface area contributed by atoms with Gasteiger partial charge in [0.05, 0.1) is 4.90 Å². The van der Waals surface area contributed by atoms with Gasteiger partial charge in [0.2, 0.25) is 11.7 Å². The fourth-order valence-electron chi connectivity index (χ4n) is 4.09. The fourth-order valence-corrected chi connectivity index (χ4v) is 5.24. The third-order valence-electron chi connectivity index (χ3n) is 5.80. The van der Waals surface area contributed by atoms with E-state index in [9.17, 15) is 22.8 Å². The fraction of sp³-hybridized carbons (Fsp3) is 0.273. The summed E-state index contributed by atoms with van der Waals surface area (Å²) in [6.07, 6.45) is 0.818. The van der Waals surface area contributed by atoms with Gasteiger partial charge in [-0.05, 0) is 50.2 Å². The van der Waals surface area contributed by atoms with Gasteiger partial charge in [-0.15, -0.1) is 0 Å². The lowest BCUT2D eigenvalue weighted by molar-refractivity contribution is -0.123. The van der Waals surface area contributed by atoms with Crippen LogP contribution >= 0.6 is 11.6 Å². The van der Waals surface area contributed by atoms with Crippen molar-refractivity contribution in [3.8, 4) is 0 Å². The number of carbonyl (C=O) groups excluding carboxylic acids is 3. The standard InChI is InChI=1S/C22H20ClN3O5S/c23-14-5-7-15(8-6-14)32(30,31)25-18-19(26-11-9-13(10-12-26)22(24)29)21(28)17-4-2-1-3-16(17)20(18)27/h1-8,13,19H,9-12H2,(H2,24,29)/t19-/m1/s1. The van der Waals surface area contributed by atoms with E-state index in [0.29, 0.717) is 31.0 Å². The number of fused-ring (bicyclic) bond motifs is 1. The molecule has 0 spiro atoms. The lowest BCUT2D eigenvalue weighted by Gasteiger charge is -2.37. The number of hydrogen-bond acceptors (Lipinski definition) is 6. The summed E-state index contributed by atoms with van der Waals surface area (Å²) in [4.78, 5) is 39.7. The Kier molecular flexibility index (Phi) is 5.98. The van der Waals surface area contributed by atoms with Gasteiger partial charge in [-0.2, -0.15) is 12.8 Å². The van der Waals surface area contributed by atoms with Gasteiger partial charge in [0.25, 0.3) is 10.0 Å². The predicted molar refractivity (Wildman–Crippen MR) is 118 cm³/mol. The molecular weight excluding hydrogens is 454 g/mol. The Labute approximate surface area is 190 Å². The molecule has 0 unspecified atom stereocenters. The molecule has 1 atom stereocenters. The first kappa shape index (κ1) is 22.3. The number of rotatable bonds is 4. The topological polar surface area (TPSA) is 127 Å². The molecule has 32 heavy (non-hydrogen) atoms. The maximum absolute atomic E-state index is 13.4. The molecule has 2 aliphatic rings. The van der Waals surface area contributed by atoms with Crippen molar-refractivity contribution in [1.82, 2.24) is 4.90 Å². The second kappa shape index (κ2) is 8.57. The largest absolute Gasteiger partial charge is 0.369 e. The van der Waals surface area contributed by atoms with Gasteiger partial charge in [-0.3, -0.25) is 19.3 Å². The highest BCUT2D eigenvalue weighted by molar-refractivity contribution is 7.90. The van der Waals surface area contributed by atoms with E-state index in [-0.39, 0.29) is 27.7 Å². The monoisotopic (exact) mass is 473 g/mol. The smallest absolute Gasteiger partial charge is 0.282 e. The van der Waals surface area contributed by atoms with E-state index in [1.165, 1.54) is 30.3 Å². The summed E-state index contributed by atoms with van der Waals surface area (Å²) >= 11 is 5.84. The summed E-state index contributed by atoms with van der Waals surface area (Å²) in [5.41, 5.74) is 5.39. The lowest BCUT2D eigenvalue weighted by atomic mass is 9.82. The molecule has 1 saturated heterocycles. The third kappa shape index (κ3) is 4.11. The summed E-state index contributed by atoms with van der Waals surface area (Å²) in [5, 5.41) is 0.352. The maximum Gasteiger partial charge on any atom is 0.282 e. The van der Waals surface area contributed by atoms with Crippen LogP contribution in [0.2, 0.25) is 5.02 Å². The Morgan fingerprint density at radius 1 is 1.00 bits per heavy atom. The van der Waals surface area contributed by atoms with E-state index in [0.717, 1.165) is 0 Å². The zero-order valence-electron chi connectivity index (χ0n) is 16.9. The Morgan fingerprint density at radius 2 is 1.59 bits per heavy atom. The number of nitrogens with zero attached hydrogens (tertiary/aromatic N) is 2. The van der Waals surface area contributed by atoms with Gasteiger partial charge in [0.1, 0.15) is 11.8 Å². The van der Waals surface area contributed by atoms with E-state index in [1.807, 2.05) is 0 Å². The van der Waals surface area contributed by atoms with Crippen LogP contribution in [0.5, 0.6) is 0 Å². The minimum Gasteiger partial charge on any atom is -0.369 e. The van der Waals surface area contributed by atoms with Gasteiger partial charge in [-0.25, -0.2) is 0 Å². The number of ketones is 2. The van der Waals surface area contributed by atoms with Crippen LogP contribution in [-0.2, 0) is 14.8 Å². The van der Waals surface area contributed by atoms with Gasteiger partial charge >= 0.3 is 0 Å². The second-order valence-electron chi connectivity index (χ2n) is 7.76. The van der Waals surface area contributed by atoms with Crippen molar-refractivity contribution in [2.75, 3.05) is 13.1 Å². The molecule has 166 valence electrons. The molecule has 1 aliphatic heterocycles. The van der Waals surface area contributed by atoms with Crippen LogP contribution in [0.3, 0.4) is 0 Å². The number of halogens is 1. The number of hydrogen-bond donors (Lipinski definition) is 1. The van der Waals surface area contributed by atoms with Crippen molar-refractivity contribution in [2.24, 2.45) is 16.0 Å². The van der Waals surface area contributed by atoms with E-state index >= 15 is 0 Å². The summed E-state index contributed by atoms with van der Waals surface area (Å²) < 4.78 is 29.8. The van der Waals surface area contributed by atoms with Gasteiger partial charge in [0.15, 0.2) is 5.78 Å². The number of benzene rings is 2. The Hall–Kier alpha value is -2.88. The van der Waals surface area contributed by atoms with Crippen LogP contribution in [0.4, 0.5) is 0 Å². The average molecular weight is 474 g/mol. The highest BCUT2D eigenvalue weighted by atomic mass is 35.5. The van der Waals surface area contributed by atoms with Crippen molar-refractivity contribution >= 4 is 44.8 Å². The lowest BCUT2D eigenvalue weighted by Crippen LogP contribution is -2.55. The van der Waals surface area contributed by atoms with E-state index in [1.54, 1.807) is 23.1 Å². The highest BCUT2D eigenvalue weighted by Crippen LogP contribution is 2.28. The first-order chi connectivity index (χ1) is 15.2. The first-order valence-electron chi connectivity index (χ1n) is 10.0. The van der Waals surface area contributed by atoms with Crippen molar-refractivity contribution in [3.63, 3.8) is 0 Å². The quantitative estimate of drug-likeness (QED) is 0.724. The van der Waals surface area contributed by atoms with Crippen LogP contribution in [0.1, 0.15) is 33.6 Å². The van der Waals surface area contributed by atoms with E-state index in [4.69, 9.17) is 17.3 Å². The molecular formula is C22H20ClN3O5S. The molecule has 4 rings (SSSR count). The summed E-state index contributed by atoms with van der Waals surface area (Å²) in [5.74, 6) is -1.76. The normalized spacial score (nSPS) is 21.5. The van der Waals surface area contributed by atoms with Crippen molar-refractivity contribution in [3.05, 3.63) is 64.7 Å². The SMILES string of the molecule is NC(=O)C1CCN([C@H]2C(=O)c3ccccc3C(=O)C2=NS(=O)(=O)c2ccc(Cl)cc2)CC1. The zero-order chi connectivity index (χ0) is 23.0. The average Bonchev–Trinajstić information content (AvgIpc) is 2.78. The summed E-state index contributed by atoms with van der Waals surface area (Å²) in [7, 11) is -4.28. The summed E-state index contributed by atoms with van der Waals surface area (Å²) in [6, 6.07) is 10.5. The molecule has 10 heteroatoms. The van der Waals surface area contributed by atoms with Crippen LogP contribution in [0.25, 0.3) is 0 Å². The molecule has 2 aromatic rings. The minimum absolute atomic E-state index is 0.117. The summed E-state index contributed by atoms with van der Waals surface area (Å²) in [6.45, 7) is 0.610. The van der Waals surface area contributed by atoms with Gasteiger partial charge < -0.3 is 5.73 Å². The van der Waals surface area contributed by atoms with Crippen molar-refractivity contribution in [1.29, 1.82) is 0 Å². The molecule has 1 amide bonds. The molecule has 1 aliphatic carbocycles. The highest BCUT2D eigenvalue weighted by Gasteiger charge is 2.44. The number of primary amides is 1. The number of piperidine rings is 1. The number of carbonyl (C=O) groups is 3. The predicted octanol–water partition coefficient (Wildman–Crippen LogP) is 2.11. The van der Waals surface area contributed by atoms with Crippen molar-refractivity contribution < 1.29 is 22.8 Å². The molecule has 2 aromatic carbocycles. The molecule has 0 saturated carbocycles. The molecule has 1 fully saturated rings. The molecule has 0 aromatic heterocycles. The first-order valence-corrected chi connectivity index (χ1v) is 11.8. The molecule has 8 nitrogen and oxygen atoms in total. The van der Waals surface area contributed by atoms with E-state index < -0.39 is 33.5 Å². The minimum atomic E-state index is -4.28. The number of nitrogens with two attached hydrogens (primary N) is 1. The van der Waals surface area contributed by atoms with Crippen molar-refractivity contribution in [2.45, 2.75) is 23.8 Å². The molecule has 0 radical (unpaired) electrons. The van der Waals surface area contributed by atoms with Crippen LogP contribution in [0, 0.1) is 5.92 Å². The molecule has 2 N–H and O–H groups in total. The second-order valence-corrected chi connectivity index (χ2v) is 9.80.